The van der Waals surface area contributed by atoms with E-state index in [-0.39, 0.29) is 23.7 Å². The Bertz CT molecular complexity index is 93.6. The molecular formula is C6H9B3O. The second-order valence-corrected chi connectivity index (χ2v) is 2.87. The zero-order valence-corrected chi connectivity index (χ0v) is 6.16. The molecule has 1 aliphatic heterocycles. The van der Waals surface area contributed by atoms with Crippen molar-refractivity contribution in [2.24, 2.45) is 0 Å². The summed E-state index contributed by atoms with van der Waals surface area (Å²) >= 11 is 0. The third kappa shape index (κ3) is 1.60. The first-order chi connectivity index (χ1) is 4.61. The van der Waals surface area contributed by atoms with Gasteiger partial charge in [-0.15, -0.1) is 0 Å². The van der Waals surface area contributed by atoms with Crippen LogP contribution in [0.4, 0.5) is 0 Å². The first-order valence-corrected chi connectivity index (χ1v) is 3.53. The second kappa shape index (κ2) is 3.04. The Balaban J connectivity index is 2.46. The molecule has 10 heavy (non-hydrogen) atoms. The highest BCUT2D eigenvalue weighted by molar-refractivity contribution is 6.22. The first-order valence-electron chi connectivity index (χ1n) is 3.53. The molecule has 0 saturated carbocycles. The second-order valence-electron chi connectivity index (χ2n) is 2.87. The highest BCUT2D eigenvalue weighted by Crippen LogP contribution is 2.31. The van der Waals surface area contributed by atoms with Crippen LogP contribution < -0.4 is 0 Å². The molecule has 48 valence electrons. The van der Waals surface area contributed by atoms with Gasteiger partial charge in [-0.05, 0) is 6.92 Å². The zero-order valence-electron chi connectivity index (χ0n) is 6.16. The van der Waals surface area contributed by atoms with E-state index in [9.17, 15) is 0 Å². The maximum atomic E-state index is 5.67. The molecule has 4 unspecified atom stereocenters. The molecule has 4 heteroatoms. The molecule has 6 radical (unpaired) electrons. The molecule has 0 amide bonds. The minimum absolute atomic E-state index is 0.0369. The van der Waals surface area contributed by atoms with Crippen LogP contribution in [0.2, 0.25) is 11.6 Å². The molecule has 0 aliphatic carbocycles. The smallest absolute Gasteiger partial charge is 0.108 e. The quantitative estimate of drug-likeness (QED) is 0.425. The van der Waals surface area contributed by atoms with Gasteiger partial charge >= 0.3 is 0 Å². The van der Waals surface area contributed by atoms with E-state index >= 15 is 0 Å². The third-order valence-corrected chi connectivity index (χ3v) is 1.94. The van der Waals surface area contributed by atoms with Crippen molar-refractivity contribution >= 4 is 23.5 Å². The lowest BCUT2D eigenvalue weighted by Gasteiger charge is -2.36. The van der Waals surface area contributed by atoms with Crippen LogP contribution in [0.15, 0.2) is 0 Å². The maximum absolute atomic E-state index is 5.67. The van der Waals surface area contributed by atoms with Gasteiger partial charge in [0.2, 0.25) is 0 Å². The van der Waals surface area contributed by atoms with Crippen LogP contribution in [0, 0.1) is 0 Å². The Hall–Kier alpha value is 0.155. The van der Waals surface area contributed by atoms with Gasteiger partial charge in [0.1, 0.15) is 7.85 Å². The number of ether oxygens (including phenoxy) is 1. The normalized spacial score (nSPS) is 48.9. The zero-order chi connectivity index (χ0) is 7.72. The van der Waals surface area contributed by atoms with Crippen LogP contribution in [0.25, 0.3) is 0 Å². The van der Waals surface area contributed by atoms with Crippen molar-refractivity contribution in [3.8, 4) is 0 Å². The SMILES string of the molecule is [B]C1CC([B])C(C)OC1[B]. The molecule has 1 saturated heterocycles. The molecular weight excluding hydrogens is 121 g/mol. The van der Waals surface area contributed by atoms with E-state index in [2.05, 4.69) is 0 Å². The summed E-state index contributed by atoms with van der Waals surface area (Å²) in [4.78, 5) is 0. The summed E-state index contributed by atoms with van der Waals surface area (Å²) in [7, 11) is 16.8. The Morgan fingerprint density at radius 2 is 1.80 bits per heavy atom. The molecule has 0 spiro atoms. The highest BCUT2D eigenvalue weighted by atomic mass is 16.5. The summed E-state index contributed by atoms with van der Waals surface area (Å²) < 4.78 is 5.24. The summed E-state index contributed by atoms with van der Waals surface area (Å²) in [6.45, 7) is 1.91. The van der Waals surface area contributed by atoms with Crippen LogP contribution in [0.3, 0.4) is 0 Å². The van der Waals surface area contributed by atoms with Gasteiger partial charge in [-0.3, -0.25) is 0 Å². The topological polar surface area (TPSA) is 9.23 Å². The van der Waals surface area contributed by atoms with Gasteiger partial charge in [0.15, 0.2) is 0 Å². The molecule has 4 atom stereocenters. The Labute approximate surface area is 66.1 Å². The molecule has 1 rings (SSSR count). The van der Waals surface area contributed by atoms with Gasteiger partial charge in [0.05, 0.1) is 15.7 Å². The molecule has 0 aromatic heterocycles. The largest absolute Gasteiger partial charge is 0.386 e. The van der Waals surface area contributed by atoms with Crippen molar-refractivity contribution in [2.75, 3.05) is 0 Å². The summed E-state index contributed by atoms with van der Waals surface area (Å²) in [6, 6.07) is -0.338. The van der Waals surface area contributed by atoms with Gasteiger partial charge < -0.3 is 4.74 Å². The molecule has 0 aromatic carbocycles. The molecule has 1 fully saturated rings. The Morgan fingerprint density at radius 1 is 1.20 bits per heavy atom. The third-order valence-electron chi connectivity index (χ3n) is 1.94. The van der Waals surface area contributed by atoms with Gasteiger partial charge in [-0.25, -0.2) is 0 Å². The molecule has 1 aliphatic rings. The predicted molar refractivity (Wildman–Crippen MR) is 43.7 cm³/mol. The van der Waals surface area contributed by atoms with Crippen molar-refractivity contribution in [2.45, 2.75) is 37.1 Å². The maximum Gasteiger partial charge on any atom is 0.108 e. The molecule has 1 heterocycles. The molecule has 0 aromatic rings. The van der Waals surface area contributed by atoms with Crippen molar-refractivity contribution in [1.82, 2.24) is 0 Å². The standard InChI is InChI=1S/C6H9B3O/c1-3-4(7)2-5(8)6(9)10-3/h3-6H,2H2,1H3. The molecule has 0 N–H and O–H groups in total. The van der Waals surface area contributed by atoms with Crippen LogP contribution >= 0.6 is 0 Å². The van der Waals surface area contributed by atoms with Crippen LogP contribution in [-0.2, 0) is 4.74 Å². The van der Waals surface area contributed by atoms with E-state index < -0.39 is 0 Å². The van der Waals surface area contributed by atoms with E-state index in [1.165, 1.54) is 0 Å². The van der Waals surface area contributed by atoms with Crippen LogP contribution in [0.5, 0.6) is 0 Å². The van der Waals surface area contributed by atoms with E-state index in [1.54, 1.807) is 0 Å². The monoisotopic (exact) mass is 130 g/mol. The average Bonchev–Trinajstić information content (AvgIpc) is 1.84. The van der Waals surface area contributed by atoms with E-state index in [1.807, 2.05) is 6.92 Å². The van der Waals surface area contributed by atoms with Crippen molar-refractivity contribution in [3.63, 3.8) is 0 Å². The van der Waals surface area contributed by atoms with Crippen LogP contribution in [-0.4, -0.2) is 35.6 Å². The van der Waals surface area contributed by atoms with Crippen LogP contribution in [0.1, 0.15) is 13.3 Å². The van der Waals surface area contributed by atoms with Crippen molar-refractivity contribution in [3.05, 3.63) is 0 Å². The van der Waals surface area contributed by atoms with Gasteiger partial charge in [-0.1, -0.05) is 18.1 Å². The lowest BCUT2D eigenvalue weighted by Crippen LogP contribution is -2.34. The average molecular weight is 130 g/mol. The lowest BCUT2D eigenvalue weighted by molar-refractivity contribution is 0.00512. The molecule has 0 bridgehead atoms. The Morgan fingerprint density at radius 3 is 2.30 bits per heavy atom. The predicted octanol–water partition coefficient (Wildman–Crippen LogP) is 0.204. The fraction of sp³-hybridized carbons (Fsp3) is 1.00. The fourth-order valence-electron chi connectivity index (χ4n) is 1.09. The highest BCUT2D eigenvalue weighted by Gasteiger charge is 2.26. The minimum Gasteiger partial charge on any atom is -0.386 e. The van der Waals surface area contributed by atoms with Gasteiger partial charge in [0.25, 0.3) is 0 Å². The van der Waals surface area contributed by atoms with Crippen molar-refractivity contribution in [1.29, 1.82) is 0 Å². The number of rotatable bonds is 0. The minimum atomic E-state index is -0.338. The summed E-state index contributed by atoms with van der Waals surface area (Å²) in [5.41, 5.74) is 0. The number of hydrogen-bond donors (Lipinski definition) is 0. The summed E-state index contributed by atoms with van der Waals surface area (Å²) in [5.74, 6) is -0.0685. The van der Waals surface area contributed by atoms with E-state index in [0.717, 1.165) is 6.42 Å². The summed E-state index contributed by atoms with van der Waals surface area (Å²) in [6.07, 6.45) is 0.789. The van der Waals surface area contributed by atoms with Crippen molar-refractivity contribution < 1.29 is 4.74 Å². The van der Waals surface area contributed by atoms with E-state index in [0.29, 0.717) is 0 Å². The summed E-state index contributed by atoms with van der Waals surface area (Å²) in [5, 5.41) is 0. The molecule has 1 nitrogen and oxygen atoms in total. The fourth-order valence-corrected chi connectivity index (χ4v) is 1.09. The van der Waals surface area contributed by atoms with E-state index in [4.69, 9.17) is 28.3 Å². The van der Waals surface area contributed by atoms with Gasteiger partial charge in [-0.2, -0.15) is 0 Å². The van der Waals surface area contributed by atoms with Gasteiger partial charge in [0, 0.05) is 12.1 Å². The first kappa shape index (κ1) is 8.25. The Kier molecular flexibility index (Phi) is 2.51. The lowest BCUT2D eigenvalue weighted by atomic mass is 9.62. The number of hydrogen-bond acceptors (Lipinski definition) is 1.